The molecule has 2 heterocycles. The molecule has 0 fully saturated rings. The van der Waals surface area contributed by atoms with E-state index in [0.29, 0.717) is 16.1 Å². The Hall–Kier alpha value is -4.21. The van der Waals surface area contributed by atoms with Crippen molar-refractivity contribution in [3.8, 4) is 22.9 Å². The number of carbonyl (C=O) groups is 1. The molecule has 1 N–H and O–H groups in total. The number of aromatic nitrogens is 4. The lowest BCUT2D eigenvalue weighted by Crippen LogP contribution is -2.28. The Morgan fingerprint density at radius 3 is 2.76 bits per heavy atom. The highest BCUT2D eigenvalue weighted by Crippen LogP contribution is 2.33. The molecule has 4 aromatic rings. The third kappa shape index (κ3) is 5.32. The molecule has 13 heteroatoms. The molecule has 0 spiro atoms. The summed E-state index contributed by atoms with van der Waals surface area (Å²) in [5.74, 6) is -1.60. The summed E-state index contributed by atoms with van der Waals surface area (Å²) in [7, 11) is 0. The van der Waals surface area contributed by atoms with E-state index in [-0.39, 0.29) is 40.0 Å². The standard InChI is InChI=1S/C24H16ClF2N5O4S/c25-14-4-5-18(15(8-14)16-10-29-12-31(24(16)37)11-19(33)34)36-7-6-32-22(21(26)27)30-17-3-1-2-13(9-28)20(17)23(32)35/h1-5,8,10,12,21H,6-7,11H2,(H,33,34). The molecule has 0 aliphatic carbocycles. The molecule has 0 aliphatic heterocycles. The van der Waals surface area contributed by atoms with Gasteiger partial charge in [-0.2, -0.15) is 5.26 Å². The molecule has 4 rings (SSSR count). The Balaban J connectivity index is 1.70. The first-order valence-corrected chi connectivity index (χ1v) is 11.4. The van der Waals surface area contributed by atoms with E-state index in [9.17, 15) is 23.6 Å². The maximum atomic E-state index is 13.8. The molecule has 0 atom stereocenters. The third-order valence-corrected chi connectivity index (χ3v) is 6.03. The van der Waals surface area contributed by atoms with Crippen LogP contribution < -0.4 is 10.3 Å². The van der Waals surface area contributed by atoms with E-state index in [4.69, 9.17) is 33.7 Å². The van der Waals surface area contributed by atoms with Crippen molar-refractivity contribution in [2.24, 2.45) is 0 Å². The zero-order valence-electron chi connectivity index (χ0n) is 18.8. The second-order valence-electron chi connectivity index (χ2n) is 7.66. The van der Waals surface area contributed by atoms with Crippen molar-refractivity contribution in [2.75, 3.05) is 6.61 Å². The normalized spacial score (nSPS) is 11.0. The molecular formula is C24H16ClF2N5O4S. The number of carboxylic acid groups (broad SMARTS) is 1. The zero-order valence-corrected chi connectivity index (χ0v) is 20.3. The molecule has 0 bridgehead atoms. The van der Waals surface area contributed by atoms with Crippen molar-refractivity contribution in [1.29, 1.82) is 5.26 Å². The Morgan fingerprint density at radius 1 is 1.27 bits per heavy atom. The van der Waals surface area contributed by atoms with E-state index >= 15 is 0 Å². The second kappa shape index (κ2) is 10.8. The molecule has 0 unspecified atom stereocenters. The van der Waals surface area contributed by atoms with Gasteiger partial charge in [-0.25, -0.2) is 18.7 Å². The minimum Gasteiger partial charge on any atom is -0.491 e. The van der Waals surface area contributed by atoms with E-state index in [2.05, 4.69) is 9.97 Å². The summed E-state index contributed by atoms with van der Waals surface area (Å²) in [5.41, 5.74) is 0.00454. The van der Waals surface area contributed by atoms with Gasteiger partial charge in [0.15, 0.2) is 5.82 Å². The fraction of sp³-hybridized carbons (Fsp3) is 0.167. The number of nitrogens with zero attached hydrogens (tertiary/aromatic N) is 5. The maximum absolute atomic E-state index is 13.8. The smallest absolute Gasteiger partial charge is 0.323 e. The molecule has 0 radical (unpaired) electrons. The molecule has 0 saturated carbocycles. The summed E-state index contributed by atoms with van der Waals surface area (Å²) in [5, 5.41) is 18.7. The van der Waals surface area contributed by atoms with Crippen LogP contribution in [0.25, 0.3) is 22.0 Å². The van der Waals surface area contributed by atoms with Gasteiger partial charge in [0.25, 0.3) is 12.0 Å². The fourth-order valence-corrected chi connectivity index (χ4v) is 4.18. The quantitative estimate of drug-likeness (QED) is 0.319. The molecule has 0 amide bonds. The molecular weight excluding hydrogens is 528 g/mol. The van der Waals surface area contributed by atoms with Crippen LogP contribution in [0.5, 0.6) is 5.75 Å². The maximum Gasteiger partial charge on any atom is 0.323 e. The molecule has 0 aliphatic rings. The molecule has 2 aromatic carbocycles. The van der Waals surface area contributed by atoms with Gasteiger partial charge in [-0.15, -0.1) is 0 Å². The van der Waals surface area contributed by atoms with Gasteiger partial charge in [-0.1, -0.05) is 29.9 Å². The summed E-state index contributed by atoms with van der Waals surface area (Å²) in [4.78, 5) is 32.2. The highest BCUT2D eigenvalue weighted by Gasteiger charge is 2.21. The van der Waals surface area contributed by atoms with Gasteiger partial charge in [0.2, 0.25) is 0 Å². The van der Waals surface area contributed by atoms with E-state index in [0.717, 1.165) is 4.57 Å². The average Bonchev–Trinajstić information content (AvgIpc) is 2.86. The Kier molecular flexibility index (Phi) is 7.56. The summed E-state index contributed by atoms with van der Waals surface area (Å²) >= 11 is 11.6. The van der Waals surface area contributed by atoms with Crippen molar-refractivity contribution >= 4 is 40.7 Å². The van der Waals surface area contributed by atoms with Gasteiger partial charge in [-0.3, -0.25) is 14.2 Å². The van der Waals surface area contributed by atoms with Gasteiger partial charge < -0.3 is 14.4 Å². The topological polar surface area (TPSA) is 123 Å². The first kappa shape index (κ1) is 25.9. The van der Waals surface area contributed by atoms with Gasteiger partial charge in [0.1, 0.15) is 29.6 Å². The number of hydrogen-bond donors (Lipinski definition) is 1. The highest BCUT2D eigenvalue weighted by atomic mass is 35.5. The Bertz CT molecular complexity index is 1680. The van der Waals surface area contributed by atoms with Crippen molar-refractivity contribution in [2.45, 2.75) is 19.5 Å². The van der Waals surface area contributed by atoms with E-state index < -0.39 is 30.3 Å². The lowest BCUT2D eigenvalue weighted by Gasteiger charge is -2.16. The van der Waals surface area contributed by atoms with E-state index in [1.54, 1.807) is 12.1 Å². The summed E-state index contributed by atoms with van der Waals surface area (Å²) in [6.45, 7) is -0.927. The number of hydrogen-bond acceptors (Lipinski definition) is 7. The van der Waals surface area contributed by atoms with Gasteiger partial charge >= 0.3 is 5.97 Å². The van der Waals surface area contributed by atoms with Crippen molar-refractivity contribution in [3.63, 3.8) is 0 Å². The second-order valence-corrected chi connectivity index (χ2v) is 8.49. The van der Waals surface area contributed by atoms with Crippen LogP contribution in [0, 0.1) is 16.0 Å². The number of ether oxygens (including phenoxy) is 1. The number of aliphatic carboxylic acids is 1. The Labute approximate surface area is 217 Å². The van der Waals surface area contributed by atoms with Crippen LogP contribution >= 0.6 is 23.8 Å². The van der Waals surface area contributed by atoms with Crippen LogP contribution in [0.15, 0.2) is 53.7 Å². The van der Waals surface area contributed by atoms with Gasteiger partial charge in [-0.05, 0) is 30.3 Å². The number of halogens is 3. The highest BCUT2D eigenvalue weighted by molar-refractivity contribution is 7.71. The van der Waals surface area contributed by atoms with Crippen LogP contribution in [0.2, 0.25) is 5.02 Å². The third-order valence-electron chi connectivity index (χ3n) is 5.34. The van der Waals surface area contributed by atoms with Crippen LogP contribution in [0.3, 0.4) is 0 Å². The lowest BCUT2D eigenvalue weighted by atomic mass is 10.1. The predicted molar refractivity (Wildman–Crippen MR) is 132 cm³/mol. The van der Waals surface area contributed by atoms with Crippen molar-refractivity contribution in [3.05, 3.63) is 80.3 Å². The monoisotopic (exact) mass is 543 g/mol. The van der Waals surface area contributed by atoms with E-state index in [1.807, 2.05) is 6.07 Å². The number of benzene rings is 2. The lowest BCUT2D eigenvalue weighted by molar-refractivity contribution is -0.137. The largest absolute Gasteiger partial charge is 0.491 e. The van der Waals surface area contributed by atoms with Gasteiger partial charge in [0, 0.05) is 22.3 Å². The SMILES string of the molecule is N#Cc1cccc2nc(C(F)F)n(CCOc3ccc(Cl)cc3-c3cncn(CC(=O)O)c3=S)c(=O)c12. The fourth-order valence-electron chi connectivity index (χ4n) is 3.74. The molecule has 9 nitrogen and oxygen atoms in total. The molecule has 37 heavy (non-hydrogen) atoms. The van der Waals surface area contributed by atoms with Crippen LogP contribution in [-0.4, -0.2) is 36.8 Å². The number of nitriles is 1. The number of fused-ring (bicyclic) bond motifs is 1. The Morgan fingerprint density at radius 2 is 2.05 bits per heavy atom. The van der Waals surface area contributed by atoms with Crippen LogP contribution in [-0.2, 0) is 17.9 Å². The molecule has 0 saturated heterocycles. The average molecular weight is 544 g/mol. The van der Waals surface area contributed by atoms with Crippen LogP contribution in [0.1, 0.15) is 17.8 Å². The zero-order chi connectivity index (χ0) is 26.7. The summed E-state index contributed by atoms with van der Waals surface area (Å²) < 4.78 is 35.6. The predicted octanol–water partition coefficient (Wildman–Crippen LogP) is 4.62. The summed E-state index contributed by atoms with van der Waals surface area (Å²) in [6, 6.07) is 10.8. The van der Waals surface area contributed by atoms with Crippen molar-refractivity contribution in [1.82, 2.24) is 19.1 Å². The minimum absolute atomic E-state index is 0.000670. The molecule has 188 valence electrons. The number of alkyl halides is 2. The van der Waals surface area contributed by atoms with Crippen LogP contribution in [0.4, 0.5) is 8.78 Å². The van der Waals surface area contributed by atoms with E-state index in [1.165, 1.54) is 41.4 Å². The first-order valence-electron chi connectivity index (χ1n) is 10.6. The first-order chi connectivity index (χ1) is 17.7. The minimum atomic E-state index is -3.04. The molecule has 2 aromatic heterocycles. The van der Waals surface area contributed by atoms with Crippen molar-refractivity contribution < 1.29 is 23.4 Å². The summed E-state index contributed by atoms with van der Waals surface area (Å²) in [6.07, 6.45) is -0.336. The number of rotatable bonds is 8. The number of carboxylic acids is 1. The van der Waals surface area contributed by atoms with Gasteiger partial charge in [0.05, 0.1) is 29.3 Å².